The quantitative estimate of drug-likeness (QED) is 0.769. The van der Waals surface area contributed by atoms with E-state index in [0.29, 0.717) is 30.3 Å². The third-order valence-electron chi connectivity index (χ3n) is 2.00. The highest BCUT2D eigenvalue weighted by Crippen LogP contribution is 2.28. The van der Waals surface area contributed by atoms with Gasteiger partial charge in [0.05, 0.1) is 20.3 Å². The molecule has 0 bridgehead atoms. The Hall–Kier alpha value is -1.75. The van der Waals surface area contributed by atoms with Gasteiger partial charge in [-0.3, -0.25) is 9.63 Å². The van der Waals surface area contributed by atoms with Gasteiger partial charge >= 0.3 is 0 Å². The van der Waals surface area contributed by atoms with Gasteiger partial charge in [-0.25, -0.2) is 5.48 Å². The Morgan fingerprint density at radius 2 is 1.82 bits per heavy atom. The Bertz CT molecular complexity index is 379. The van der Waals surface area contributed by atoms with E-state index in [9.17, 15) is 4.79 Å². The van der Waals surface area contributed by atoms with Gasteiger partial charge in [0, 0.05) is 5.56 Å². The number of carbonyl (C=O) groups excluding carboxylic acids is 1. The molecule has 1 N–H and O–H groups in total. The van der Waals surface area contributed by atoms with E-state index in [2.05, 4.69) is 10.3 Å². The van der Waals surface area contributed by atoms with E-state index in [-0.39, 0.29) is 5.91 Å². The van der Waals surface area contributed by atoms with Crippen LogP contribution in [0.5, 0.6) is 11.5 Å². The molecule has 0 unspecified atom stereocenters. The summed E-state index contributed by atoms with van der Waals surface area (Å²) in [5, 5.41) is 0. The molecule has 0 radical (unpaired) electrons. The zero-order valence-corrected chi connectivity index (χ0v) is 10.3. The molecule has 0 atom stereocenters. The molecule has 0 aliphatic carbocycles. The normalized spacial score (nSPS) is 9.82. The fourth-order valence-corrected chi connectivity index (χ4v) is 1.34. The molecular formula is C12H17NO4. The second-order valence-corrected chi connectivity index (χ2v) is 3.16. The predicted octanol–water partition coefficient (Wildman–Crippen LogP) is 1.78. The Morgan fingerprint density at radius 3 is 2.41 bits per heavy atom. The summed E-state index contributed by atoms with van der Waals surface area (Å²) < 4.78 is 10.8. The molecule has 17 heavy (non-hydrogen) atoms. The summed E-state index contributed by atoms with van der Waals surface area (Å²) in [5.74, 6) is 0.859. The molecule has 0 fully saturated rings. The van der Waals surface area contributed by atoms with Crippen molar-refractivity contribution in [2.45, 2.75) is 13.8 Å². The summed E-state index contributed by atoms with van der Waals surface area (Å²) in [6.07, 6.45) is 0. The molecular weight excluding hydrogens is 222 g/mol. The van der Waals surface area contributed by atoms with Gasteiger partial charge in [-0.05, 0) is 32.0 Å². The van der Waals surface area contributed by atoms with Crippen molar-refractivity contribution in [2.75, 3.05) is 20.3 Å². The molecule has 0 saturated heterocycles. The summed E-state index contributed by atoms with van der Waals surface area (Å²) in [6, 6.07) is 4.99. The first-order valence-corrected chi connectivity index (χ1v) is 5.45. The molecule has 1 amide bonds. The first-order chi connectivity index (χ1) is 8.22. The van der Waals surface area contributed by atoms with Crippen molar-refractivity contribution in [1.82, 2.24) is 5.48 Å². The van der Waals surface area contributed by atoms with Gasteiger partial charge < -0.3 is 9.47 Å². The number of amides is 1. The number of ether oxygens (including phenoxy) is 2. The molecule has 94 valence electrons. The first-order valence-electron chi connectivity index (χ1n) is 5.45. The predicted molar refractivity (Wildman–Crippen MR) is 63.3 cm³/mol. The van der Waals surface area contributed by atoms with Crippen LogP contribution in [0.2, 0.25) is 0 Å². The topological polar surface area (TPSA) is 56.8 Å². The average molecular weight is 239 g/mol. The molecule has 0 aromatic heterocycles. The number of benzene rings is 1. The number of rotatable bonds is 6. The van der Waals surface area contributed by atoms with Gasteiger partial charge in [0.15, 0.2) is 11.5 Å². The highest BCUT2D eigenvalue weighted by atomic mass is 16.6. The van der Waals surface area contributed by atoms with E-state index in [0.717, 1.165) is 0 Å². The minimum atomic E-state index is -0.323. The molecule has 0 saturated carbocycles. The van der Waals surface area contributed by atoms with Crippen molar-refractivity contribution in [3.63, 3.8) is 0 Å². The molecule has 5 heteroatoms. The molecule has 0 aliphatic heterocycles. The molecule has 1 aromatic carbocycles. The summed E-state index contributed by atoms with van der Waals surface area (Å²) >= 11 is 0. The molecule has 1 rings (SSSR count). The summed E-state index contributed by atoms with van der Waals surface area (Å²) in [6.45, 7) is 4.82. The van der Waals surface area contributed by atoms with Crippen LogP contribution in [0, 0.1) is 0 Å². The molecule has 0 aliphatic rings. The van der Waals surface area contributed by atoms with Crippen LogP contribution in [-0.4, -0.2) is 26.2 Å². The largest absolute Gasteiger partial charge is 0.490 e. The third kappa shape index (κ3) is 3.64. The molecule has 0 heterocycles. The highest BCUT2D eigenvalue weighted by Gasteiger charge is 2.10. The maximum atomic E-state index is 11.5. The van der Waals surface area contributed by atoms with Crippen molar-refractivity contribution in [3.8, 4) is 11.5 Å². The lowest BCUT2D eigenvalue weighted by atomic mass is 10.2. The van der Waals surface area contributed by atoms with Crippen LogP contribution in [0.4, 0.5) is 0 Å². The lowest BCUT2D eigenvalue weighted by molar-refractivity contribution is 0.0537. The van der Waals surface area contributed by atoms with Crippen LogP contribution >= 0.6 is 0 Å². The highest BCUT2D eigenvalue weighted by molar-refractivity contribution is 5.94. The minimum absolute atomic E-state index is 0.323. The van der Waals surface area contributed by atoms with Crippen molar-refractivity contribution >= 4 is 5.91 Å². The van der Waals surface area contributed by atoms with Crippen LogP contribution in [-0.2, 0) is 4.84 Å². The zero-order valence-electron chi connectivity index (χ0n) is 10.3. The first kappa shape index (κ1) is 13.3. The second kappa shape index (κ2) is 6.75. The van der Waals surface area contributed by atoms with E-state index in [1.54, 1.807) is 18.2 Å². The number of carbonyl (C=O) groups is 1. The molecule has 0 spiro atoms. The smallest absolute Gasteiger partial charge is 0.274 e. The number of hydrogen-bond donors (Lipinski definition) is 1. The standard InChI is InChI=1S/C12H17NO4/c1-4-16-10-7-6-9(12(14)13-15-3)8-11(10)17-5-2/h6-8H,4-5H2,1-3H3,(H,13,14). The van der Waals surface area contributed by atoms with Crippen molar-refractivity contribution < 1.29 is 19.1 Å². The molecule has 1 aromatic rings. The van der Waals surface area contributed by atoms with E-state index in [4.69, 9.17) is 9.47 Å². The molecule has 5 nitrogen and oxygen atoms in total. The lowest BCUT2D eigenvalue weighted by Crippen LogP contribution is -2.21. The van der Waals surface area contributed by atoms with E-state index < -0.39 is 0 Å². The Balaban J connectivity index is 2.95. The van der Waals surface area contributed by atoms with E-state index >= 15 is 0 Å². The summed E-state index contributed by atoms with van der Waals surface area (Å²) in [4.78, 5) is 16.1. The van der Waals surface area contributed by atoms with Gasteiger partial charge in [-0.15, -0.1) is 0 Å². The van der Waals surface area contributed by atoms with Gasteiger partial charge in [0.25, 0.3) is 5.91 Å². The van der Waals surface area contributed by atoms with Gasteiger partial charge in [0.2, 0.25) is 0 Å². The summed E-state index contributed by atoms with van der Waals surface area (Å²) in [5.41, 5.74) is 2.70. The van der Waals surface area contributed by atoms with Crippen molar-refractivity contribution in [3.05, 3.63) is 23.8 Å². The maximum Gasteiger partial charge on any atom is 0.274 e. The minimum Gasteiger partial charge on any atom is -0.490 e. The summed E-state index contributed by atoms with van der Waals surface area (Å²) in [7, 11) is 1.38. The van der Waals surface area contributed by atoms with Crippen LogP contribution in [0.25, 0.3) is 0 Å². The Labute approximate surface area is 101 Å². The van der Waals surface area contributed by atoms with Gasteiger partial charge in [-0.2, -0.15) is 0 Å². The van der Waals surface area contributed by atoms with E-state index in [1.165, 1.54) is 7.11 Å². The van der Waals surface area contributed by atoms with Crippen LogP contribution in [0.1, 0.15) is 24.2 Å². The number of hydrogen-bond acceptors (Lipinski definition) is 4. The number of nitrogens with one attached hydrogen (secondary N) is 1. The van der Waals surface area contributed by atoms with Crippen molar-refractivity contribution in [1.29, 1.82) is 0 Å². The van der Waals surface area contributed by atoms with Crippen LogP contribution in [0.15, 0.2) is 18.2 Å². The van der Waals surface area contributed by atoms with Crippen molar-refractivity contribution in [2.24, 2.45) is 0 Å². The fourth-order valence-electron chi connectivity index (χ4n) is 1.34. The second-order valence-electron chi connectivity index (χ2n) is 3.16. The van der Waals surface area contributed by atoms with Crippen LogP contribution < -0.4 is 15.0 Å². The monoisotopic (exact) mass is 239 g/mol. The van der Waals surface area contributed by atoms with Crippen LogP contribution in [0.3, 0.4) is 0 Å². The third-order valence-corrected chi connectivity index (χ3v) is 2.00. The SMILES string of the molecule is CCOc1ccc(C(=O)NOC)cc1OCC. The number of hydroxylamine groups is 1. The Morgan fingerprint density at radius 1 is 1.18 bits per heavy atom. The maximum absolute atomic E-state index is 11.5. The lowest BCUT2D eigenvalue weighted by Gasteiger charge is -2.12. The zero-order chi connectivity index (χ0) is 12.7. The van der Waals surface area contributed by atoms with Gasteiger partial charge in [-0.1, -0.05) is 0 Å². The Kier molecular flexibility index (Phi) is 5.29. The fraction of sp³-hybridized carbons (Fsp3) is 0.417. The van der Waals surface area contributed by atoms with Gasteiger partial charge in [0.1, 0.15) is 0 Å². The average Bonchev–Trinajstić information content (AvgIpc) is 2.32. The van der Waals surface area contributed by atoms with E-state index in [1.807, 2.05) is 13.8 Å².